The van der Waals surface area contributed by atoms with Gasteiger partial charge in [-0.3, -0.25) is 4.79 Å². The minimum Gasteiger partial charge on any atom is -0.267 e. The van der Waals surface area contributed by atoms with Crippen molar-refractivity contribution in [3.05, 3.63) is 113 Å². The Morgan fingerprint density at radius 3 is 2.22 bits per heavy atom. The van der Waals surface area contributed by atoms with Crippen LogP contribution in [0.4, 0.5) is 0 Å². The van der Waals surface area contributed by atoms with Gasteiger partial charge in [-0.05, 0) is 33.2 Å². The summed E-state index contributed by atoms with van der Waals surface area (Å²) >= 11 is 1.47. The van der Waals surface area contributed by atoms with Crippen LogP contribution in [0.15, 0.2) is 107 Å². The number of hydrogen-bond donors (Lipinski definition) is 0. The van der Waals surface area contributed by atoms with Crippen LogP contribution < -0.4 is 5.56 Å². The number of benzene rings is 4. The van der Waals surface area contributed by atoms with Crippen LogP contribution in [0.3, 0.4) is 0 Å². The molecule has 6 aromatic rings. The third-order valence-corrected chi connectivity index (χ3v) is 6.57. The number of hydrogen-bond acceptors (Lipinski definition) is 4. The lowest BCUT2D eigenvalue weighted by atomic mass is 9.97. The molecule has 5 heteroatoms. The Balaban J connectivity index is 1.54. The van der Waals surface area contributed by atoms with Gasteiger partial charge in [-0.25, -0.2) is 4.98 Å². The Labute approximate surface area is 187 Å². The average Bonchev–Trinajstić information content (AvgIpc) is 3.28. The lowest BCUT2D eigenvalue weighted by Gasteiger charge is -2.08. The Morgan fingerprint density at radius 2 is 1.50 bits per heavy atom. The molecule has 6 rings (SSSR count). The Bertz CT molecular complexity index is 1640. The van der Waals surface area contributed by atoms with E-state index in [1.807, 2.05) is 60.0 Å². The largest absolute Gasteiger partial charge is 0.283 e. The van der Waals surface area contributed by atoms with Crippen LogP contribution in [-0.4, -0.2) is 15.9 Å². The van der Waals surface area contributed by atoms with Crippen molar-refractivity contribution in [1.82, 2.24) is 9.66 Å². The zero-order chi connectivity index (χ0) is 21.5. The Hall–Kier alpha value is -4.09. The summed E-state index contributed by atoms with van der Waals surface area (Å²) in [6.07, 6.45) is 3.27. The molecule has 4 nitrogen and oxygen atoms in total. The van der Waals surface area contributed by atoms with Gasteiger partial charge >= 0.3 is 0 Å². The first-order valence-corrected chi connectivity index (χ1v) is 11.2. The second kappa shape index (κ2) is 7.55. The van der Waals surface area contributed by atoms with Crippen molar-refractivity contribution >= 4 is 49.3 Å². The molecule has 4 aromatic carbocycles. The lowest BCUT2D eigenvalue weighted by molar-refractivity contribution is 0.819. The van der Waals surface area contributed by atoms with Crippen LogP contribution in [0.5, 0.6) is 0 Å². The number of aromatic nitrogens is 2. The van der Waals surface area contributed by atoms with Crippen LogP contribution in [0.25, 0.3) is 42.9 Å². The van der Waals surface area contributed by atoms with Gasteiger partial charge in [0.15, 0.2) is 0 Å². The summed E-state index contributed by atoms with van der Waals surface area (Å²) < 4.78 is 1.33. The van der Waals surface area contributed by atoms with Crippen LogP contribution in [0, 0.1) is 0 Å². The molecule has 0 amide bonds. The van der Waals surface area contributed by atoms with Gasteiger partial charge in [-0.15, -0.1) is 11.3 Å². The normalized spacial score (nSPS) is 11.8. The Kier molecular flexibility index (Phi) is 4.40. The van der Waals surface area contributed by atoms with Crippen molar-refractivity contribution in [1.29, 1.82) is 0 Å². The van der Waals surface area contributed by atoms with E-state index in [1.165, 1.54) is 22.3 Å². The van der Waals surface area contributed by atoms with E-state index in [4.69, 9.17) is 0 Å². The van der Waals surface area contributed by atoms with Gasteiger partial charge < -0.3 is 0 Å². The molecule has 0 saturated carbocycles. The van der Waals surface area contributed by atoms with E-state index < -0.39 is 0 Å². The lowest BCUT2D eigenvalue weighted by Crippen LogP contribution is -2.16. The van der Waals surface area contributed by atoms with E-state index in [9.17, 15) is 4.79 Å². The third-order valence-electron chi connectivity index (χ3n) is 5.69. The van der Waals surface area contributed by atoms with Gasteiger partial charge in [-0.1, -0.05) is 78.9 Å². The predicted molar refractivity (Wildman–Crippen MR) is 134 cm³/mol. The molecule has 0 unspecified atom stereocenters. The number of thiophene rings is 1. The van der Waals surface area contributed by atoms with Gasteiger partial charge in [0.1, 0.15) is 11.2 Å². The highest BCUT2D eigenvalue weighted by Gasteiger charge is 2.13. The molecule has 0 radical (unpaired) electrons. The molecule has 0 bridgehead atoms. The quantitative estimate of drug-likeness (QED) is 0.243. The van der Waals surface area contributed by atoms with Crippen molar-refractivity contribution in [2.45, 2.75) is 0 Å². The molecule has 0 atom stereocenters. The summed E-state index contributed by atoms with van der Waals surface area (Å²) in [5.74, 6) is 0. The molecule has 0 spiro atoms. The minimum atomic E-state index is -0.170. The molecule has 2 aromatic heterocycles. The van der Waals surface area contributed by atoms with Crippen molar-refractivity contribution in [3.63, 3.8) is 0 Å². The van der Waals surface area contributed by atoms with Crippen molar-refractivity contribution in [3.8, 4) is 11.1 Å². The number of fused-ring (bicyclic) bond motifs is 3. The van der Waals surface area contributed by atoms with Gasteiger partial charge in [0.05, 0.1) is 11.6 Å². The second-order valence-corrected chi connectivity index (χ2v) is 8.43. The molecule has 2 heterocycles. The first-order chi connectivity index (χ1) is 15.8. The summed E-state index contributed by atoms with van der Waals surface area (Å²) in [5.41, 5.74) is 2.71. The van der Waals surface area contributed by atoms with E-state index in [2.05, 4.69) is 40.4 Å². The SMILES string of the molecule is O=c1c2c(-c3ccccc3)csc2ncn1N=Cc1c2ccccc2cc2ccccc12. The standard InChI is InChI=1S/C27H17N3OS/c31-27-25-24(18-8-2-1-3-9-18)16-32-26(25)28-17-30(27)29-15-23-21-12-6-4-10-19(21)14-20-11-5-7-13-22(20)23/h1-17H. The smallest absolute Gasteiger partial charge is 0.267 e. The monoisotopic (exact) mass is 431 g/mol. The zero-order valence-electron chi connectivity index (χ0n) is 17.0. The zero-order valence-corrected chi connectivity index (χ0v) is 17.8. The summed E-state index contributed by atoms with van der Waals surface area (Å²) in [7, 11) is 0. The minimum absolute atomic E-state index is 0.170. The first kappa shape index (κ1) is 18.7. The second-order valence-electron chi connectivity index (χ2n) is 7.57. The maximum Gasteiger partial charge on any atom is 0.283 e. The van der Waals surface area contributed by atoms with E-state index in [0.717, 1.165) is 43.1 Å². The van der Waals surface area contributed by atoms with E-state index in [-0.39, 0.29) is 5.56 Å². The molecule has 32 heavy (non-hydrogen) atoms. The highest BCUT2D eigenvalue weighted by molar-refractivity contribution is 7.17. The Morgan fingerprint density at radius 1 is 0.844 bits per heavy atom. The molecular weight excluding hydrogens is 414 g/mol. The van der Waals surface area contributed by atoms with E-state index in [1.54, 1.807) is 6.21 Å². The molecular formula is C27H17N3OS. The predicted octanol–water partition coefficient (Wildman–Crippen LogP) is 6.31. The summed E-state index contributed by atoms with van der Waals surface area (Å²) in [4.78, 5) is 18.6. The highest BCUT2D eigenvalue weighted by atomic mass is 32.1. The van der Waals surface area contributed by atoms with Gasteiger partial charge in [-0.2, -0.15) is 9.78 Å². The fourth-order valence-electron chi connectivity index (χ4n) is 4.14. The number of rotatable bonds is 3. The molecule has 0 aliphatic heterocycles. The molecule has 152 valence electrons. The summed E-state index contributed by atoms with van der Waals surface area (Å²) in [6.45, 7) is 0. The van der Waals surface area contributed by atoms with Gasteiger partial charge in [0.25, 0.3) is 5.56 Å². The highest BCUT2D eigenvalue weighted by Crippen LogP contribution is 2.30. The average molecular weight is 432 g/mol. The van der Waals surface area contributed by atoms with E-state index >= 15 is 0 Å². The first-order valence-electron chi connectivity index (χ1n) is 10.3. The van der Waals surface area contributed by atoms with Crippen LogP contribution >= 0.6 is 11.3 Å². The topological polar surface area (TPSA) is 47.2 Å². The molecule has 0 fully saturated rings. The van der Waals surface area contributed by atoms with Crippen LogP contribution in [0.2, 0.25) is 0 Å². The molecule has 0 N–H and O–H groups in total. The number of nitrogens with zero attached hydrogens (tertiary/aromatic N) is 3. The van der Waals surface area contributed by atoms with Crippen LogP contribution in [-0.2, 0) is 0 Å². The fraction of sp³-hybridized carbons (Fsp3) is 0. The van der Waals surface area contributed by atoms with Crippen LogP contribution in [0.1, 0.15) is 5.56 Å². The maximum absolute atomic E-state index is 13.3. The molecule has 0 saturated heterocycles. The van der Waals surface area contributed by atoms with Crippen molar-refractivity contribution in [2.75, 3.05) is 0 Å². The summed E-state index contributed by atoms with van der Waals surface area (Å²) in [6, 6.07) is 28.5. The van der Waals surface area contributed by atoms with E-state index in [0.29, 0.717) is 5.39 Å². The van der Waals surface area contributed by atoms with Gasteiger partial charge in [0.2, 0.25) is 0 Å². The molecule has 0 aliphatic carbocycles. The summed E-state index contributed by atoms with van der Waals surface area (Å²) in [5, 5.41) is 11.6. The van der Waals surface area contributed by atoms with Crippen molar-refractivity contribution in [2.24, 2.45) is 5.10 Å². The fourth-order valence-corrected chi connectivity index (χ4v) is 5.05. The molecule has 0 aliphatic rings. The van der Waals surface area contributed by atoms with Crippen molar-refractivity contribution < 1.29 is 0 Å². The third kappa shape index (κ3) is 3.02. The maximum atomic E-state index is 13.3. The van der Waals surface area contributed by atoms with Gasteiger partial charge in [0, 0.05) is 16.5 Å².